The van der Waals surface area contributed by atoms with Gasteiger partial charge in [-0.1, -0.05) is 15.9 Å². The summed E-state index contributed by atoms with van der Waals surface area (Å²) in [7, 11) is 0. The highest BCUT2D eigenvalue weighted by Gasteiger charge is 2.12. The maximum Gasteiger partial charge on any atom is 0.341 e. The Kier molecular flexibility index (Phi) is 4.03. The molecule has 76 valence electrons. The van der Waals surface area contributed by atoms with Crippen LogP contribution in [0.25, 0.3) is 0 Å². The largest absolute Gasteiger partial charge is 0.460 e. The van der Waals surface area contributed by atoms with Gasteiger partial charge in [0.2, 0.25) is 0 Å². The highest BCUT2D eigenvalue weighted by atomic mass is 79.9. The lowest BCUT2D eigenvalue weighted by atomic mass is 10.2. The molecule has 0 unspecified atom stereocenters. The molecule has 0 amide bonds. The number of carbonyl (C=O) groups is 1. The number of aliphatic hydroxyl groups is 1. The number of rotatable bonds is 3. The summed E-state index contributed by atoms with van der Waals surface area (Å²) in [6.45, 7) is -0.411. The molecule has 1 aromatic carbocycles. The number of esters is 1. The van der Waals surface area contributed by atoms with Crippen molar-refractivity contribution in [3.8, 4) is 0 Å². The third kappa shape index (κ3) is 2.78. The normalized spacial score (nSPS) is 9.93. The van der Waals surface area contributed by atoms with Crippen molar-refractivity contribution < 1.29 is 19.0 Å². The summed E-state index contributed by atoms with van der Waals surface area (Å²) in [6, 6.07) is 3.98. The van der Waals surface area contributed by atoms with Crippen LogP contribution in [0.1, 0.15) is 10.4 Å². The molecule has 14 heavy (non-hydrogen) atoms. The van der Waals surface area contributed by atoms with Gasteiger partial charge in [-0.25, -0.2) is 9.18 Å². The van der Waals surface area contributed by atoms with Gasteiger partial charge in [-0.3, -0.25) is 0 Å². The molecule has 1 rings (SSSR count). The van der Waals surface area contributed by atoms with Crippen LogP contribution in [0.2, 0.25) is 0 Å². The molecular formula is C9H8BrFO3. The van der Waals surface area contributed by atoms with Crippen molar-refractivity contribution in [2.75, 3.05) is 13.2 Å². The maximum absolute atomic E-state index is 13.1. The molecule has 0 radical (unpaired) electrons. The smallest absolute Gasteiger partial charge is 0.341 e. The molecule has 1 N–H and O–H groups in total. The van der Waals surface area contributed by atoms with Crippen LogP contribution < -0.4 is 0 Å². The van der Waals surface area contributed by atoms with Crippen LogP contribution in [0.3, 0.4) is 0 Å². The molecule has 0 heterocycles. The van der Waals surface area contributed by atoms with E-state index in [1.54, 1.807) is 0 Å². The minimum absolute atomic E-state index is 0.134. The van der Waals surface area contributed by atoms with Gasteiger partial charge in [0.1, 0.15) is 12.4 Å². The van der Waals surface area contributed by atoms with Gasteiger partial charge in [-0.15, -0.1) is 0 Å². The summed E-state index contributed by atoms with van der Waals surface area (Å²) in [5.41, 5.74) is -0.146. The minimum Gasteiger partial charge on any atom is -0.460 e. The van der Waals surface area contributed by atoms with Crippen molar-refractivity contribution >= 4 is 21.9 Å². The quantitative estimate of drug-likeness (QED) is 0.845. The monoisotopic (exact) mass is 262 g/mol. The van der Waals surface area contributed by atoms with E-state index in [1.807, 2.05) is 0 Å². The van der Waals surface area contributed by atoms with Crippen LogP contribution in [0, 0.1) is 5.82 Å². The maximum atomic E-state index is 13.1. The Morgan fingerprint density at radius 1 is 1.57 bits per heavy atom. The van der Waals surface area contributed by atoms with Crippen LogP contribution in [0.4, 0.5) is 4.39 Å². The Hall–Kier alpha value is -0.940. The van der Waals surface area contributed by atoms with Gasteiger partial charge < -0.3 is 9.84 Å². The minimum atomic E-state index is -0.780. The first-order chi connectivity index (χ1) is 6.65. The molecule has 0 aliphatic carbocycles. The summed E-state index contributed by atoms with van der Waals surface area (Å²) in [5, 5.41) is 8.41. The zero-order valence-electron chi connectivity index (χ0n) is 7.17. The third-order valence-corrected chi connectivity index (χ3v) is 1.97. The van der Waals surface area contributed by atoms with Crippen molar-refractivity contribution in [2.45, 2.75) is 0 Å². The fourth-order valence-corrected chi connectivity index (χ4v) is 1.23. The highest BCUT2D eigenvalue weighted by Crippen LogP contribution is 2.16. The van der Waals surface area contributed by atoms with Gasteiger partial charge in [-0.2, -0.15) is 0 Å². The van der Waals surface area contributed by atoms with Gasteiger partial charge in [0.25, 0.3) is 0 Å². The number of halogens is 2. The van der Waals surface area contributed by atoms with Gasteiger partial charge >= 0.3 is 5.97 Å². The van der Waals surface area contributed by atoms with Crippen molar-refractivity contribution in [1.82, 2.24) is 0 Å². The van der Waals surface area contributed by atoms with Crippen molar-refractivity contribution in [3.63, 3.8) is 0 Å². The molecule has 0 saturated carbocycles. The summed E-state index contributed by atoms with van der Waals surface area (Å²) < 4.78 is 18.2. The van der Waals surface area contributed by atoms with Gasteiger partial charge in [0.15, 0.2) is 0 Å². The van der Waals surface area contributed by atoms with E-state index in [-0.39, 0.29) is 18.8 Å². The Balaban J connectivity index is 2.83. The summed E-state index contributed by atoms with van der Waals surface area (Å²) in [6.07, 6.45) is 0. The average Bonchev–Trinajstić information content (AvgIpc) is 2.18. The van der Waals surface area contributed by atoms with E-state index in [4.69, 9.17) is 5.11 Å². The lowest BCUT2D eigenvalue weighted by Gasteiger charge is -2.03. The number of benzene rings is 1. The zero-order chi connectivity index (χ0) is 10.6. The molecule has 0 aliphatic heterocycles. The van der Waals surface area contributed by atoms with Crippen molar-refractivity contribution in [1.29, 1.82) is 0 Å². The molecule has 1 aromatic rings. The number of ether oxygens (including phenoxy) is 1. The Morgan fingerprint density at radius 2 is 2.29 bits per heavy atom. The van der Waals surface area contributed by atoms with Crippen molar-refractivity contribution in [2.24, 2.45) is 0 Å². The Morgan fingerprint density at radius 3 is 2.93 bits per heavy atom. The van der Waals surface area contributed by atoms with Gasteiger partial charge in [-0.05, 0) is 18.2 Å². The highest BCUT2D eigenvalue weighted by molar-refractivity contribution is 9.10. The second kappa shape index (κ2) is 5.07. The van der Waals surface area contributed by atoms with Crippen LogP contribution in [0.15, 0.2) is 22.7 Å². The molecule has 0 aromatic heterocycles. The second-order valence-electron chi connectivity index (χ2n) is 2.48. The first-order valence-corrected chi connectivity index (χ1v) is 4.67. The predicted octanol–water partition coefficient (Wildman–Crippen LogP) is 1.74. The topological polar surface area (TPSA) is 46.5 Å². The number of aliphatic hydroxyl groups excluding tert-OH is 1. The molecular weight excluding hydrogens is 255 g/mol. The molecule has 0 aliphatic rings. The standard InChI is InChI=1S/C9H8BrFO3/c10-6-1-2-8(11)7(5-6)9(13)14-4-3-12/h1-2,5,12H,3-4H2. The number of hydrogen-bond acceptors (Lipinski definition) is 3. The second-order valence-corrected chi connectivity index (χ2v) is 3.40. The molecule has 0 fully saturated rings. The van der Waals surface area contributed by atoms with E-state index in [0.717, 1.165) is 0 Å². The lowest BCUT2D eigenvalue weighted by molar-refractivity contribution is 0.0428. The van der Waals surface area contributed by atoms with Crippen LogP contribution in [-0.4, -0.2) is 24.3 Å². The first kappa shape index (κ1) is 11.1. The fraction of sp³-hybridized carbons (Fsp3) is 0.222. The zero-order valence-corrected chi connectivity index (χ0v) is 8.75. The fourth-order valence-electron chi connectivity index (χ4n) is 0.870. The summed E-state index contributed by atoms with van der Waals surface area (Å²) >= 11 is 3.11. The van der Waals surface area contributed by atoms with E-state index in [2.05, 4.69) is 20.7 Å². The average molecular weight is 263 g/mol. The number of carbonyl (C=O) groups excluding carboxylic acids is 1. The molecule has 0 bridgehead atoms. The van der Waals surface area contributed by atoms with Crippen LogP contribution in [-0.2, 0) is 4.74 Å². The molecule has 0 saturated heterocycles. The van der Waals surface area contributed by atoms with Gasteiger partial charge in [0, 0.05) is 4.47 Å². The predicted molar refractivity (Wildman–Crippen MR) is 51.5 cm³/mol. The summed E-state index contributed by atoms with van der Waals surface area (Å²) in [5.74, 6) is -1.42. The summed E-state index contributed by atoms with van der Waals surface area (Å²) in [4.78, 5) is 11.2. The van der Waals surface area contributed by atoms with Gasteiger partial charge in [0.05, 0.1) is 12.2 Å². The molecule has 3 nitrogen and oxygen atoms in total. The number of hydrogen-bond donors (Lipinski definition) is 1. The molecule has 0 spiro atoms. The van der Waals surface area contributed by atoms with E-state index >= 15 is 0 Å². The molecule has 0 atom stereocenters. The SMILES string of the molecule is O=C(OCCO)c1cc(Br)ccc1F. The van der Waals surface area contributed by atoms with E-state index in [1.165, 1.54) is 18.2 Å². The Bertz CT molecular complexity index is 341. The first-order valence-electron chi connectivity index (χ1n) is 3.88. The lowest BCUT2D eigenvalue weighted by Crippen LogP contribution is -2.10. The third-order valence-electron chi connectivity index (χ3n) is 1.47. The van der Waals surface area contributed by atoms with E-state index < -0.39 is 11.8 Å². The van der Waals surface area contributed by atoms with Crippen molar-refractivity contribution in [3.05, 3.63) is 34.1 Å². The molecule has 5 heteroatoms. The van der Waals surface area contributed by atoms with Crippen LogP contribution >= 0.6 is 15.9 Å². The van der Waals surface area contributed by atoms with Crippen LogP contribution in [0.5, 0.6) is 0 Å². The van der Waals surface area contributed by atoms with E-state index in [0.29, 0.717) is 4.47 Å². The van der Waals surface area contributed by atoms with E-state index in [9.17, 15) is 9.18 Å². The Labute approximate surface area is 88.6 Å².